The smallest absolute Gasteiger partial charge is 0.128 e. The number of ether oxygens (including phenoxy) is 2. The molecule has 0 bridgehead atoms. The number of halogens is 1. The van der Waals surface area contributed by atoms with Crippen molar-refractivity contribution in [3.05, 3.63) is 58.6 Å². The van der Waals surface area contributed by atoms with Gasteiger partial charge in [0.15, 0.2) is 0 Å². The number of benzene rings is 2. The highest BCUT2D eigenvalue weighted by molar-refractivity contribution is 6.30. The molecule has 1 aliphatic rings. The Morgan fingerprint density at radius 1 is 1.20 bits per heavy atom. The fourth-order valence-corrected chi connectivity index (χ4v) is 2.62. The Morgan fingerprint density at radius 2 is 1.95 bits per heavy atom. The summed E-state index contributed by atoms with van der Waals surface area (Å²) in [5.74, 6) is 1.57. The first-order valence-electron chi connectivity index (χ1n) is 6.53. The van der Waals surface area contributed by atoms with Gasteiger partial charge in [0.2, 0.25) is 0 Å². The molecule has 0 aromatic heterocycles. The maximum Gasteiger partial charge on any atom is 0.128 e. The lowest BCUT2D eigenvalue weighted by molar-refractivity contribution is 0.161. The first-order valence-corrected chi connectivity index (χ1v) is 6.91. The summed E-state index contributed by atoms with van der Waals surface area (Å²) in [5.41, 5.74) is 8.35. The van der Waals surface area contributed by atoms with Crippen LogP contribution in [0.15, 0.2) is 42.5 Å². The van der Waals surface area contributed by atoms with Crippen molar-refractivity contribution < 1.29 is 9.47 Å². The first kappa shape index (κ1) is 13.3. The van der Waals surface area contributed by atoms with Crippen LogP contribution >= 0.6 is 11.6 Å². The van der Waals surface area contributed by atoms with E-state index in [0.29, 0.717) is 0 Å². The lowest BCUT2D eigenvalue weighted by Crippen LogP contribution is -2.24. The third kappa shape index (κ3) is 2.47. The molecule has 0 amide bonds. The number of nitrogens with two attached hydrogens (primary N) is 1. The van der Waals surface area contributed by atoms with Gasteiger partial charge in [0.1, 0.15) is 17.6 Å². The molecule has 1 unspecified atom stereocenters. The van der Waals surface area contributed by atoms with Crippen molar-refractivity contribution in [2.75, 3.05) is 7.11 Å². The summed E-state index contributed by atoms with van der Waals surface area (Å²) in [6.07, 6.45) is 0.697. The molecule has 0 saturated heterocycles. The monoisotopic (exact) mass is 289 g/mol. The van der Waals surface area contributed by atoms with E-state index in [-0.39, 0.29) is 12.1 Å². The van der Waals surface area contributed by atoms with E-state index < -0.39 is 0 Å². The molecule has 2 N–H and O–H groups in total. The largest absolute Gasteiger partial charge is 0.497 e. The van der Waals surface area contributed by atoms with E-state index in [1.165, 1.54) is 0 Å². The molecule has 1 aliphatic heterocycles. The van der Waals surface area contributed by atoms with Crippen LogP contribution in [0.1, 0.15) is 29.7 Å². The van der Waals surface area contributed by atoms with Crippen LogP contribution in [-0.4, -0.2) is 7.11 Å². The van der Waals surface area contributed by atoms with E-state index in [1.54, 1.807) is 7.11 Å². The Kier molecular flexibility index (Phi) is 3.55. The van der Waals surface area contributed by atoms with Crippen molar-refractivity contribution in [1.82, 2.24) is 0 Å². The van der Waals surface area contributed by atoms with Gasteiger partial charge in [0, 0.05) is 29.1 Å². The summed E-state index contributed by atoms with van der Waals surface area (Å²) in [6.45, 7) is 0. The van der Waals surface area contributed by atoms with Crippen molar-refractivity contribution >= 4 is 11.6 Å². The molecule has 3 rings (SSSR count). The summed E-state index contributed by atoms with van der Waals surface area (Å²) in [5, 5.41) is 0.718. The summed E-state index contributed by atoms with van der Waals surface area (Å²) < 4.78 is 11.3. The number of methoxy groups -OCH3 is 1. The van der Waals surface area contributed by atoms with Crippen LogP contribution in [-0.2, 0) is 0 Å². The van der Waals surface area contributed by atoms with Gasteiger partial charge in [0.25, 0.3) is 0 Å². The molecule has 1 heterocycles. The molecule has 2 aromatic carbocycles. The molecule has 0 spiro atoms. The molecule has 4 heteroatoms. The van der Waals surface area contributed by atoms with Crippen LogP contribution < -0.4 is 15.2 Å². The second-order valence-corrected chi connectivity index (χ2v) is 5.34. The van der Waals surface area contributed by atoms with Crippen molar-refractivity contribution in [2.45, 2.75) is 18.6 Å². The average Bonchev–Trinajstić information content (AvgIpc) is 2.47. The molecular weight excluding hydrogens is 274 g/mol. The van der Waals surface area contributed by atoms with Crippen LogP contribution in [0.3, 0.4) is 0 Å². The van der Waals surface area contributed by atoms with Gasteiger partial charge in [-0.2, -0.15) is 0 Å². The summed E-state index contributed by atoms with van der Waals surface area (Å²) in [7, 11) is 1.64. The predicted octanol–water partition coefficient (Wildman–Crippen LogP) is 3.87. The van der Waals surface area contributed by atoms with Crippen LogP contribution in [0.25, 0.3) is 0 Å². The van der Waals surface area contributed by atoms with Crippen molar-refractivity contribution in [1.29, 1.82) is 0 Å². The van der Waals surface area contributed by atoms with Gasteiger partial charge in [-0.15, -0.1) is 0 Å². The lowest BCUT2D eigenvalue weighted by atomic mass is 9.93. The molecule has 20 heavy (non-hydrogen) atoms. The molecule has 0 aliphatic carbocycles. The SMILES string of the molecule is COc1ccc2c(c1)OC(c1ccc(Cl)cc1)C[C@H]2N. The molecule has 0 fully saturated rings. The van der Waals surface area contributed by atoms with Gasteiger partial charge in [0.05, 0.1) is 7.11 Å². The van der Waals surface area contributed by atoms with Crippen LogP contribution in [0, 0.1) is 0 Å². The molecule has 2 aromatic rings. The van der Waals surface area contributed by atoms with Gasteiger partial charge >= 0.3 is 0 Å². The number of hydrogen-bond acceptors (Lipinski definition) is 3. The van der Waals surface area contributed by atoms with Crippen LogP contribution in [0.5, 0.6) is 11.5 Å². The highest BCUT2D eigenvalue weighted by atomic mass is 35.5. The van der Waals surface area contributed by atoms with Gasteiger partial charge in [-0.05, 0) is 23.8 Å². The predicted molar refractivity (Wildman–Crippen MR) is 79.4 cm³/mol. The quantitative estimate of drug-likeness (QED) is 0.913. The molecule has 0 radical (unpaired) electrons. The number of rotatable bonds is 2. The zero-order chi connectivity index (χ0) is 14.1. The second kappa shape index (κ2) is 5.35. The van der Waals surface area contributed by atoms with Crippen LogP contribution in [0.4, 0.5) is 0 Å². The summed E-state index contributed by atoms with van der Waals surface area (Å²) in [6, 6.07) is 13.4. The van der Waals surface area contributed by atoms with Crippen molar-refractivity contribution in [3.63, 3.8) is 0 Å². The minimum absolute atomic E-state index is 0.0367. The van der Waals surface area contributed by atoms with E-state index in [2.05, 4.69) is 0 Å². The lowest BCUT2D eigenvalue weighted by Gasteiger charge is -2.30. The minimum Gasteiger partial charge on any atom is -0.497 e. The zero-order valence-corrected chi connectivity index (χ0v) is 11.9. The topological polar surface area (TPSA) is 44.5 Å². The number of fused-ring (bicyclic) bond motifs is 1. The van der Waals surface area contributed by atoms with Gasteiger partial charge < -0.3 is 15.2 Å². The molecular formula is C16H16ClNO2. The van der Waals surface area contributed by atoms with E-state index in [1.807, 2.05) is 42.5 Å². The second-order valence-electron chi connectivity index (χ2n) is 4.90. The van der Waals surface area contributed by atoms with Gasteiger partial charge in [-0.25, -0.2) is 0 Å². The summed E-state index contributed by atoms with van der Waals surface area (Å²) >= 11 is 5.92. The van der Waals surface area contributed by atoms with E-state index in [4.69, 9.17) is 26.8 Å². The highest BCUT2D eigenvalue weighted by Gasteiger charge is 2.27. The van der Waals surface area contributed by atoms with E-state index in [9.17, 15) is 0 Å². The standard InChI is InChI=1S/C16H16ClNO2/c1-19-12-6-7-13-14(18)9-15(20-16(13)8-12)10-2-4-11(17)5-3-10/h2-8,14-15H,9,18H2,1H3/t14-,15?/m1/s1. The fraction of sp³-hybridized carbons (Fsp3) is 0.250. The molecule has 0 saturated carbocycles. The van der Waals surface area contributed by atoms with E-state index >= 15 is 0 Å². The van der Waals surface area contributed by atoms with Crippen LogP contribution in [0.2, 0.25) is 5.02 Å². The Balaban J connectivity index is 1.92. The molecule has 104 valence electrons. The Bertz CT molecular complexity index is 612. The summed E-state index contributed by atoms with van der Waals surface area (Å²) in [4.78, 5) is 0. The average molecular weight is 290 g/mol. The van der Waals surface area contributed by atoms with Gasteiger partial charge in [-0.1, -0.05) is 29.8 Å². The third-order valence-corrected chi connectivity index (χ3v) is 3.85. The molecule has 2 atom stereocenters. The van der Waals surface area contributed by atoms with E-state index in [0.717, 1.165) is 34.1 Å². The fourth-order valence-electron chi connectivity index (χ4n) is 2.49. The highest BCUT2D eigenvalue weighted by Crippen LogP contribution is 2.41. The normalized spacial score (nSPS) is 20.9. The third-order valence-electron chi connectivity index (χ3n) is 3.60. The maximum absolute atomic E-state index is 6.25. The Morgan fingerprint density at radius 3 is 2.65 bits per heavy atom. The molecule has 3 nitrogen and oxygen atoms in total. The van der Waals surface area contributed by atoms with Crippen molar-refractivity contribution in [3.8, 4) is 11.5 Å². The zero-order valence-electron chi connectivity index (χ0n) is 11.2. The number of hydrogen-bond donors (Lipinski definition) is 1. The minimum atomic E-state index is -0.0538. The van der Waals surface area contributed by atoms with Crippen molar-refractivity contribution in [2.24, 2.45) is 5.73 Å². The Hall–Kier alpha value is -1.71. The Labute approximate surface area is 123 Å². The maximum atomic E-state index is 6.25. The first-order chi connectivity index (χ1) is 9.67. The van der Waals surface area contributed by atoms with Gasteiger partial charge in [-0.3, -0.25) is 0 Å².